The van der Waals surface area contributed by atoms with Crippen molar-refractivity contribution in [2.45, 2.75) is 95.9 Å². The van der Waals surface area contributed by atoms with Gasteiger partial charge in [-0.2, -0.15) is 0 Å². The highest BCUT2D eigenvalue weighted by Gasteiger charge is 2.72. The van der Waals surface area contributed by atoms with Crippen molar-refractivity contribution in [3.63, 3.8) is 0 Å². The van der Waals surface area contributed by atoms with Gasteiger partial charge in [0, 0.05) is 20.2 Å². The fourth-order valence-electron chi connectivity index (χ4n) is 6.04. The van der Waals surface area contributed by atoms with E-state index in [0.29, 0.717) is 64.9 Å². The van der Waals surface area contributed by atoms with E-state index in [2.05, 4.69) is 48.3 Å². The molecule has 0 aromatic heterocycles. The molecule has 13 nitrogen and oxygen atoms in total. The molecule has 3 rings (SSSR count). The molecular weight excluding hydrogens is 572 g/mol. The van der Waals surface area contributed by atoms with Crippen LogP contribution in [0.3, 0.4) is 0 Å². The van der Waals surface area contributed by atoms with Crippen molar-refractivity contribution in [1.29, 1.82) is 0 Å². The van der Waals surface area contributed by atoms with Crippen LogP contribution in [-0.2, 0) is 38.0 Å². The Bertz CT molecular complexity index is 956. The Kier molecular flexibility index (Phi) is 14.5. The van der Waals surface area contributed by atoms with Gasteiger partial charge in [0.2, 0.25) is 5.91 Å². The van der Waals surface area contributed by atoms with Crippen LogP contribution in [-0.4, -0.2) is 114 Å². The van der Waals surface area contributed by atoms with E-state index in [1.165, 1.54) is 5.57 Å². The standard InChI is InChI=1S/C31H54N4O9/c1-21(2)7-8-25-30(5,44-25)28-27(39-6)24(9-10-31(28)20-42-31)43-29(38)33-12-14-41-16-15-40-13-11-32-26(37)18-34-35-23(19-36)17-22(3)4/h7,19,22-25,27-28,34-35H,8-18,20H2,1-6H3,(H,32,37)(H,33,38)/t23-,24?,25+,27?,28?,30?,31-/m0/s1. The second-order valence-electron chi connectivity index (χ2n) is 12.7. The van der Waals surface area contributed by atoms with Crippen LogP contribution in [0.4, 0.5) is 4.79 Å². The first-order chi connectivity index (χ1) is 21.0. The number of hydrazine groups is 1. The maximum absolute atomic E-state index is 12.6. The number of amides is 2. The molecule has 2 amide bonds. The highest BCUT2D eigenvalue weighted by molar-refractivity contribution is 5.77. The lowest BCUT2D eigenvalue weighted by Crippen LogP contribution is -2.56. The molecule has 13 heteroatoms. The van der Waals surface area contributed by atoms with Crippen LogP contribution in [0.1, 0.15) is 60.3 Å². The summed E-state index contributed by atoms with van der Waals surface area (Å²) in [7, 11) is 1.66. The third kappa shape index (κ3) is 11.0. The molecule has 1 saturated carbocycles. The average Bonchev–Trinajstić information content (AvgIpc) is 3.89. The van der Waals surface area contributed by atoms with Crippen LogP contribution in [0.2, 0.25) is 0 Å². The molecule has 3 aliphatic rings. The van der Waals surface area contributed by atoms with E-state index in [4.69, 9.17) is 28.4 Å². The second-order valence-corrected chi connectivity index (χ2v) is 12.7. The number of methoxy groups -OCH3 is 1. The minimum absolute atomic E-state index is 0.0248. The Labute approximate surface area is 261 Å². The first-order valence-corrected chi connectivity index (χ1v) is 15.8. The van der Waals surface area contributed by atoms with Crippen LogP contribution < -0.4 is 21.5 Å². The van der Waals surface area contributed by atoms with E-state index >= 15 is 0 Å². The van der Waals surface area contributed by atoms with Crippen molar-refractivity contribution < 1.29 is 42.8 Å². The molecule has 3 fully saturated rings. The van der Waals surface area contributed by atoms with Gasteiger partial charge < -0.3 is 43.8 Å². The summed E-state index contributed by atoms with van der Waals surface area (Å²) in [6, 6.07) is -0.331. The first kappa shape index (κ1) is 36.3. The van der Waals surface area contributed by atoms with Gasteiger partial charge in [0.05, 0.1) is 57.6 Å². The first-order valence-electron chi connectivity index (χ1n) is 15.8. The van der Waals surface area contributed by atoms with Crippen molar-refractivity contribution >= 4 is 18.3 Å². The number of ether oxygens (including phenoxy) is 6. The van der Waals surface area contributed by atoms with E-state index in [9.17, 15) is 14.4 Å². The highest BCUT2D eigenvalue weighted by atomic mass is 16.6. The number of carbonyl (C=O) groups is 3. The van der Waals surface area contributed by atoms with Crippen molar-refractivity contribution in [3.8, 4) is 0 Å². The van der Waals surface area contributed by atoms with Crippen LogP contribution >= 0.6 is 0 Å². The van der Waals surface area contributed by atoms with Crippen molar-refractivity contribution in [2.75, 3.05) is 59.8 Å². The Morgan fingerprint density at radius 2 is 1.75 bits per heavy atom. The normalized spacial score (nSPS) is 29.6. The predicted molar refractivity (Wildman–Crippen MR) is 163 cm³/mol. The maximum atomic E-state index is 12.6. The van der Waals surface area contributed by atoms with Gasteiger partial charge in [0.15, 0.2) is 0 Å². The highest BCUT2D eigenvalue weighted by Crippen LogP contribution is 2.59. The molecule has 0 aromatic rings. The fraction of sp³-hybridized carbons (Fsp3) is 0.839. The number of aldehydes is 1. The van der Waals surface area contributed by atoms with E-state index < -0.39 is 12.2 Å². The number of nitrogens with one attached hydrogen (secondary N) is 4. The summed E-state index contributed by atoms with van der Waals surface area (Å²) in [5.74, 6) is 0.141. The van der Waals surface area contributed by atoms with E-state index in [-0.39, 0.29) is 47.8 Å². The summed E-state index contributed by atoms with van der Waals surface area (Å²) >= 11 is 0. The number of epoxide rings is 2. The zero-order valence-electron chi connectivity index (χ0n) is 27.3. The molecule has 0 radical (unpaired) electrons. The second kappa shape index (κ2) is 17.5. The van der Waals surface area contributed by atoms with Gasteiger partial charge in [-0.3, -0.25) is 4.79 Å². The van der Waals surface area contributed by atoms with Gasteiger partial charge >= 0.3 is 6.09 Å². The van der Waals surface area contributed by atoms with Gasteiger partial charge in [0.25, 0.3) is 0 Å². The van der Waals surface area contributed by atoms with Crippen LogP contribution in [0, 0.1) is 11.8 Å². The molecule has 1 aliphatic carbocycles. The molecule has 1 spiro atoms. The Morgan fingerprint density at radius 1 is 1.07 bits per heavy atom. The summed E-state index contributed by atoms with van der Waals surface area (Å²) in [6.45, 7) is 13.1. The summed E-state index contributed by atoms with van der Waals surface area (Å²) in [5.41, 5.74) is 6.22. The number of allylic oxidation sites excluding steroid dienone is 1. The number of rotatable bonds is 21. The zero-order chi connectivity index (χ0) is 32.2. The summed E-state index contributed by atoms with van der Waals surface area (Å²) < 4.78 is 34.9. The molecule has 7 atom stereocenters. The monoisotopic (exact) mass is 626 g/mol. The Hall–Kier alpha value is -2.13. The molecule has 0 aromatic carbocycles. The van der Waals surface area contributed by atoms with Crippen LogP contribution in [0.15, 0.2) is 11.6 Å². The largest absolute Gasteiger partial charge is 0.443 e. The van der Waals surface area contributed by atoms with Crippen molar-refractivity contribution in [1.82, 2.24) is 21.5 Å². The smallest absolute Gasteiger partial charge is 0.407 e. The molecule has 44 heavy (non-hydrogen) atoms. The van der Waals surface area contributed by atoms with Gasteiger partial charge in [-0.1, -0.05) is 25.5 Å². The molecular formula is C31H54N4O9. The SMILES string of the molecule is COC1C(OC(=O)NCCOCCOCCNC(=O)CNN[C@H](C=O)CC(C)C)CC[C@]2(CO2)C1C1(C)O[C@@H]1CC=C(C)C. The minimum atomic E-state index is -0.506. The van der Waals surface area contributed by atoms with E-state index in [1.807, 2.05) is 13.8 Å². The molecule has 4 N–H and O–H groups in total. The predicted octanol–water partition coefficient (Wildman–Crippen LogP) is 1.65. The van der Waals surface area contributed by atoms with Crippen LogP contribution in [0.5, 0.6) is 0 Å². The number of alkyl carbamates (subject to hydrolysis) is 1. The van der Waals surface area contributed by atoms with Gasteiger partial charge in [-0.15, -0.1) is 0 Å². The molecule has 2 heterocycles. The molecule has 2 aliphatic heterocycles. The summed E-state index contributed by atoms with van der Waals surface area (Å²) in [4.78, 5) is 35.5. The summed E-state index contributed by atoms with van der Waals surface area (Å²) in [6.07, 6.45) is 4.88. The molecule has 0 bridgehead atoms. The molecule has 4 unspecified atom stereocenters. The quantitative estimate of drug-likeness (QED) is 0.0482. The minimum Gasteiger partial charge on any atom is -0.443 e. The van der Waals surface area contributed by atoms with Gasteiger partial charge in [-0.25, -0.2) is 15.6 Å². The van der Waals surface area contributed by atoms with Gasteiger partial charge in [-0.05, 0) is 52.4 Å². The Morgan fingerprint density at radius 3 is 2.34 bits per heavy atom. The maximum Gasteiger partial charge on any atom is 0.407 e. The van der Waals surface area contributed by atoms with Crippen molar-refractivity contribution in [3.05, 3.63) is 11.6 Å². The fourth-order valence-corrected chi connectivity index (χ4v) is 6.04. The lowest BCUT2D eigenvalue weighted by molar-refractivity contribution is -0.121. The number of hydrogen-bond donors (Lipinski definition) is 4. The molecule has 252 valence electrons. The number of hydrogen-bond acceptors (Lipinski definition) is 11. The lowest BCUT2D eigenvalue weighted by atomic mass is 9.68. The van der Waals surface area contributed by atoms with E-state index in [0.717, 1.165) is 19.1 Å². The van der Waals surface area contributed by atoms with Crippen LogP contribution in [0.25, 0.3) is 0 Å². The number of carbonyl (C=O) groups excluding carboxylic acids is 3. The topological polar surface area (TPSA) is 161 Å². The third-order valence-corrected chi connectivity index (χ3v) is 8.38. The average molecular weight is 627 g/mol. The van der Waals surface area contributed by atoms with Gasteiger partial charge in [0.1, 0.15) is 29.7 Å². The molecule has 2 saturated heterocycles. The Balaban J connectivity index is 1.23. The lowest BCUT2D eigenvalue weighted by Gasteiger charge is -2.42. The zero-order valence-corrected chi connectivity index (χ0v) is 27.3. The van der Waals surface area contributed by atoms with E-state index in [1.54, 1.807) is 7.11 Å². The third-order valence-electron chi connectivity index (χ3n) is 8.38. The summed E-state index contributed by atoms with van der Waals surface area (Å²) in [5, 5.41) is 5.48. The van der Waals surface area contributed by atoms with Crippen molar-refractivity contribution in [2.24, 2.45) is 11.8 Å².